The third kappa shape index (κ3) is 3.15. The molecule has 3 aromatic rings. The number of nitrogen functional groups attached to an aromatic ring is 1. The number of aromatic nitrogens is 5. The van der Waals surface area contributed by atoms with E-state index in [9.17, 15) is 13.2 Å². The summed E-state index contributed by atoms with van der Waals surface area (Å²) in [6, 6.07) is 2.95. The van der Waals surface area contributed by atoms with E-state index in [0.717, 1.165) is 62.3 Å². The van der Waals surface area contributed by atoms with Gasteiger partial charge in [-0.05, 0) is 38.4 Å². The first-order chi connectivity index (χ1) is 14.2. The fraction of sp³-hybridized carbons (Fsp3) is 0.450. The molecule has 0 radical (unpaired) electrons. The van der Waals surface area contributed by atoms with E-state index in [1.165, 1.54) is 6.20 Å². The molecule has 158 valence electrons. The van der Waals surface area contributed by atoms with Crippen molar-refractivity contribution < 1.29 is 13.2 Å². The predicted molar refractivity (Wildman–Crippen MR) is 104 cm³/mol. The summed E-state index contributed by atoms with van der Waals surface area (Å²) in [5.41, 5.74) is 7.43. The van der Waals surface area contributed by atoms with Gasteiger partial charge in [-0.2, -0.15) is 18.3 Å². The van der Waals surface area contributed by atoms with Crippen LogP contribution in [0.15, 0.2) is 24.5 Å². The number of H-pyrrole nitrogens is 1. The fourth-order valence-electron chi connectivity index (χ4n) is 4.71. The molecule has 0 saturated carbocycles. The van der Waals surface area contributed by atoms with Crippen LogP contribution in [0.4, 0.5) is 19.0 Å². The maximum atomic E-state index is 13.2. The number of halogens is 3. The highest BCUT2D eigenvalue weighted by atomic mass is 19.4. The molecule has 1 atom stereocenters. The molecule has 5 heterocycles. The van der Waals surface area contributed by atoms with E-state index >= 15 is 0 Å². The van der Waals surface area contributed by atoms with Gasteiger partial charge < -0.3 is 10.7 Å². The Morgan fingerprint density at radius 2 is 1.97 bits per heavy atom. The molecule has 0 aliphatic carbocycles. The molecule has 10 heteroatoms. The van der Waals surface area contributed by atoms with Crippen molar-refractivity contribution in [3.05, 3.63) is 47.3 Å². The average molecular weight is 417 g/mol. The molecule has 1 spiro atoms. The van der Waals surface area contributed by atoms with Gasteiger partial charge in [0, 0.05) is 47.8 Å². The summed E-state index contributed by atoms with van der Waals surface area (Å²) in [6.45, 7) is 5.33. The SMILES string of the molecule is Cc1cnc(CN2CC[C@@]3(CCn4nc(-c5cnc(N)c(C(F)(F)F)c5)cc43)C2)[nH]1. The number of nitrogens with two attached hydrogens (primary N) is 1. The van der Waals surface area contributed by atoms with Gasteiger partial charge in [0.25, 0.3) is 0 Å². The molecule has 0 aromatic carbocycles. The molecule has 2 aliphatic heterocycles. The number of nitrogens with zero attached hydrogens (tertiary/aromatic N) is 5. The number of aryl methyl sites for hydroxylation is 2. The van der Waals surface area contributed by atoms with Crippen molar-refractivity contribution in [2.75, 3.05) is 18.8 Å². The molecule has 5 rings (SSSR count). The smallest absolute Gasteiger partial charge is 0.383 e. The van der Waals surface area contributed by atoms with Crippen LogP contribution in [0, 0.1) is 6.92 Å². The Morgan fingerprint density at radius 3 is 2.70 bits per heavy atom. The number of alkyl halides is 3. The number of anilines is 1. The van der Waals surface area contributed by atoms with Crippen LogP contribution in [0.1, 0.15) is 35.6 Å². The summed E-state index contributed by atoms with van der Waals surface area (Å²) < 4.78 is 41.6. The lowest BCUT2D eigenvalue weighted by Crippen LogP contribution is -2.29. The first-order valence-corrected chi connectivity index (χ1v) is 9.88. The zero-order chi connectivity index (χ0) is 21.1. The number of rotatable bonds is 3. The molecule has 1 saturated heterocycles. The molecule has 3 N–H and O–H groups in total. The van der Waals surface area contributed by atoms with Gasteiger partial charge in [0.2, 0.25) is 0 Å². The normalized spacial score (nSPS) is 21.6. The van der Waals surface area contributed by atoms with E-state index in [2.05, 4.69) is 25.0 Å². The highest BCUT2D eigenvalue weighted by Crippen LogP contribution is 2.44. The van der Waals surface area contributed by atoms with E-state index in [-0.39, 0.29) is 5.41 Å². The second-order valence-electron chi connectivity index (χ2n) is 8.30. The topological polar surface area (TPSA) is 88.7 Å². The largest absolute Gasteiger partial charge is 0.419 e. The lowest BCUT2D eigenvalue weighted by atomic mass is 9.82. The molecular formula is C20H22F3N7. The monoisotopic (exact) mass is 417 g/mol. The molecule has 0 unspecified atom stereocenters. The summed E-state index contributed by atoms with van der Waals surface area (Å²) in [6.07, 6.45) is 0.610. The van der Waals surface area contributed by atoms with Crippen molar-refractivity contribution in [2.24, 2.45) is 0 Å². The maximum Gasteiger partial charge on any atom is 0.419 e. The van der Waals surface area contributed by atoms with Crippen LogP contribution >= 0.6 is 0 Å². The van der Waals surface area contributed by atoms with E-state index in [4.69, 9.17) is 5.73 Å². The predicted octanol–water partition coefficient (Wildman–Crippen LogP) is 3.13. The second kappa shape index (κ2) is 6.56. The summed E-state index contributed by atoms with van der Waals surface area (Å²) >= 11 is 0. The number of hydrogen-bond donors (Lipinski definition) is 2. The van der Waals surface area contributed by atoms with Gasteiger partial charge in [-0.25, -0.2) is 9.97 Å². The minimum absolute atomic E-state index is 0.0268. The van der Waals surface area contributed by atoms with E-state index in [1.807, 2.05) is 23.9 Å². The molecular weight excluding hydrogens is 395 g/mol. The van der Waals surface area contributed by atoms with E-state index < -0.39 is 17.6 Å². The van der Waals surface area contributed by atoms with Gasteiger partial charge in [-0.1, -0.05) is 0 Å². The standard InChI is InChI=1S/C20H22F3N7/c1-12-8-25-17(27-12)10-29-4-2-19(11-29)3-5-30-16(19)7-15(28-30)13-6-14(20(21,22)23)18(24)26-9-13/h6-9H,2-5,10-11H2,1H3,(H2,24,26)(H,25,27)/t19-/m1/s1. The highest BCUT2D eigenvalue weighted by Gasteiger charge is 2.45. The van der Waals surface area contributed by atoms with Crippen LogP contribution in [-0.4, -0.2) is 42.7 Å². The second-order valence-corrected chi connectivity index (χ2v) is 8.30. The molecule has 2 aliphatic rings. The Kier molecular flexibility index (Phi) is 4.18. The van der Waals surface area contributed by atoms with Crippen LogP contribution in [0.3, 0.4) is 0 Å². The third-order valence-corrected chi connectivity index (χ3v) is 6.21. The Hall–Kier alpha value is -2.88. The van der Waals surface area contributed by atoms with Gasteiger partial charge in [0.1, 0.15) is 11.6 Å². The van der Waals surface area contributed by atoms with Crippen molar-refractivity contribution in [3.63, 3.8) is 0 Å². The highest BCUT2D eigenvalue weighted by molar-refractivity contribution is 5.63. The summed E-state index contributed by atoms with van der Waals surface area (Å²) in [4.78, 5) is 13.8. The number of fused-ring (bicyclic) bond motifs is 2. The van der Waals surface area contributed by atoms with Gasteiger partial charge in [0.15, 0.2) is 0 Å². The quantitative estimate of drug-likeness (QED) is 0.684. The minimum atomic E-state index is -4.55. The van der Waals surface area contributed by atoms with Crippen LogP contribution in [0.5, 0.6) is 0 Å². The van der Waals surface area contributed by atoms with Gasteiger partial charge in [0.05, 0.1) is 17.8 Å². The number of hydrogen-bond acceptors (Lipinski definition) is 5. The number of pyridine rings is 1. The van der Waals surface area contributed by atoms with Gasteiger partial charge >= 0.3 is 6.18 Å². The van der Waals surface area contributed by atoms with Crippen molar-refractivity contribution >= 4 is 5.82 Å². The van der Waals surface area contributed by atoms with Crippen molar-refractivity contribution in [1.82, 2.24) is 29.6 Å². The first-order valence-electron chi connectivity index (χ1n) is 9.88. The number of likely N-dealkylation sites (tertiary alicyclic amines) is 1. The summed E-state index contributed by atoms with van der Waals surface area (Å²) in [7, 11) is 0. The van der Waals surface area contributed by atoms with Crippen LogP contribution in [-0.2, 0) is 24.7 Å². The van der Waals surface area contributed by atoms with Crippen LogP contribution in [0.25, 0.3) is 11.3 Å². The summed E-state index contributed by atoms with van der Waals surface area (Å²) in [5, 5.41) is 4.58. The first kappa shape index (κ1) is 19.1. The average Bonchev–Trinajstić information content (AvgIpc) is 3.43. The lowest BCUT2D eigenvalue weighted by molar-refractivity contribution is -0.137. The third-order valence-electron chi connectivity index (χ3n) is 6.21. The van der Waals surface area contributed by atoms with Gasteiger partial charge in [-0.3, -0.25) is 9.58 Å². The molecule has 1 fully saturated rings. The van der Waals surface area contributed by atoms with E-state index in [0.29, 0.717) is 11.3 Å². The van der Waals surface area contributed by atoms with E-state index in [1.54, 1.807) is 0 Å². The Morgan fingerprint density at radius 1 is 1.17 bits per heavy atom. The number of aromatic amines is 1. The van der Waals surface area contributed by atoms with Crippen LogP contribution < -0.4 is 5.73 Å². The van der Waals surface area contributed by atoms with Crippen molar-refractivity contribution in [3.8, 4) is 11.3 Å². The molecule has 30 heavy (non-hydrogen) atoms. The molecule has 3 aromatic heterocycles. The minimum Gasteiger partial charge on any atom is -0.383 e. The maximum absolute atomic E-state index is 13.2. The Balaban J connectivity index is 1.41. The van der Waals surface area contributed by atoms with Crippen molar-refractivity contribution in [1.29, 1.82) is 0 Å². The molecule has 7 nitrogen and oxygen atoms in total. The molecule has 0 amide bonds. The van der Waals surface area contributed by atoms with Gasteiger partial charge in [-0.15, -0.1) is 0 Å². The Bertz CT molecular complexity index is 1100. The lowest BCUT2D eigenvalue weighted by Gasteiger charge is -2.23. The zero-order valence-corrected chi connectivity index (χ0v) is 16.5. The number of nitrogens with one attached hydrogen (secondary N) is 1. The van der Waals surface area contributed by atoms with Crippen LogP contribution in [0.2, 0.25) is 0 Å². The zero-order valence-electron chi connectivity index (χ0n) is 16.5. The fourth-order valence-corrected chi connectivity index (χ4v) is 4.71. The molecule has 0 bridgehead atoms. The Labute approximate surface area is 171 Å². The summed E-state index contributed by atoms with van der Waals surface area (Å²) in [5.74, 6) is 0.429. The van der Waals surface area contributed by atoms with Crippen molar-refractivity contribution in [2.45, 2.75) is 44.4 Å². The number of imidazole rings is 1.